The van der Waals surface area contributed by atoms with Gasteiger partial charge in [0.1, 0.15) is 30.5 Å². The molecule has 0 aromatic heterocycles. The van der Waals surface area contributed by atoms with Crippen LogP contribution in [0.15, 0.2) is 0 Å². The standard InChI is InChI=1S/C24H42O17S.CH4/c1-5-12(27)10(3)7-11(4)22(32)37-19-17(30)14(9-26)35-24(21(19)36-15(28)6-2)38-23-20(39-42-41-40-33)18(31)16(29)13(8-25)34-23;/h10-14,16-21,23-27,29-31,33H,5-9H2,1-4H3;1H4. The highest BCUT2D eigenvalue weighted by Gasteiger charge is 2.54. The van der Waals surface area contributed by atoms with Gasteiger partial charge in [-0.25, -0.2) is 5.26 Å². The summed E-state index contributed by atoms with van der Waals surface area (Å²) in [7, 11) is 0. The van der Waals surface area contributed by atoms with Gasteiger partial charge < -0.3 is 54.3 Å². The van der Waals surface area contributed by atoms with E-state index in [0.29, 0.717) is 6.42 Å². The smallest absolute Gasteiger partial charge is 0.309 e. The van der Waals surface area contributed by atoms with Crippen molar-refractivity contribution >= 4 is 24.3 Å². The maximum atomic E-state index is 13.1. The second-order valence-corrected chi connectivity index (χ2v) is 10.6. The zero-order chi connectivity index (χ0) is 31.6. The van der Waals surface area contributed by atoms with Crippen LogP contribution in [-0.4, -0.2) is 129 Å². The summed E-state index contributed by atoms with van der Waals surface area (Å²) in [5.41, 5.74) is 0. The first kappa shape index (κ1) is 39.8. The fourth-order valence-electron chi connectivity index (χ4n) is 4.58. The van der Waals surface area contributed by atoms with Gasteiger partial charge in [0.15, 0.2) is 36.9 Å². The number of carbonyl (C=O) groups is 2. The third-order valence-electron chi connectivity index (χ3n) is 7.11. The molecule has 2 fully saturated rings. The van der Waals surface area contributed by atoms with Crippen LogP contribution in [0.4, 0.5) is 0 Å². The van der Waals surface area contributed by atoms with E-state index in [-0.39, 0.29) is 38.5 Å². The molecular formula is C25H46O17S. The molecule has 0 spiro atoms. The number of esters is 2. The molecule has 7 N–H and O–H groups in total. The number of aliphatic hydroxyl groups excluding tert-OH is 6. The summed E-state index contributed by atoms with van der Waals surface area (Å²) in [5.74, 6) is -2.61. The Balaban J connectivity index is 0.00000924. The van der Waals surface area contributed by atoms with Gasteiger partial charge in [0.25, 0.3) is 0 Å². The summed E-state index contributed by atoms with van der Waals surface area (Å²) in [5, 5.41) is 73.2. The van der Waals surface area contributed by atoms with E-state index in [4.69, 9.17) is 33.1 Å². The molecule has 0 amide bonds. The van der Waals surface area contributed by atoms with Crippen LogP contribution < -0.4 is 0 Å². The molecule has 18 heteroatoms. The lowest BCUT2D eigenvalue weighted by atomic mass is 9.91. The zero-order valence-corrected chi connectivity index (χ0v) is 24.5. The summed E-state index contributed by atoms with van der Waals surface area (Å²) in [4.78, 5) is 25.4. The maximum absolute atomic E-state index is 13.1. The molecular weight excluding hydrogens is 604 g/mol. The summed E-state index contributed by atoms with van der Waals surface area (Å²) in [6, 6.07) is 0. The van der Waals surface area contributed by atoms with Crippen molar-refractivity contribution in [3.05, 3.63) is 0 Å². The molecule has 0 aromatic carbocycles. The average Bonchev–Trinajstić information content (AvgIpc) is 2.98. The van der Waals surface area contributed by atoms with Gasteiger partial charge in [-0.15, -0.1) is 4.33 Å². The van der Waals surface area contributed by atoms with Crippen molar-refractivity contribution in [2.45, 2.75) is 122 Å². The van der Waals surface area contributed by atoms with Crippen LogP contribution in [0.25, 0.3) is 0 Å². The highest BCUT2D eigenvalue weighted by atomic mass is 32.2. The largest absolute Gasteiger partial charge is 0.455 e. The van der Waals surface area contributed by atoms with E-state index >= 15 is 0 Å². The maximum Gasteiger partial charge on any atom is 0.309 e. The van der Waals surface area contributed by atoms with Crippen LogP contribution in [-0.2, 0) is 46.8 Å². The van der Waals surface area contributed by atoms with E-state index < -0.39 is 98.6 Å². The van der Waals surface area contributed by atoms with Crippen molar-refractivity contribution in [1.29, 1.82) is 0 Å². The molecule has 2 rings (SSSR count). The summed E-state index contributed by atoms with van der Waals surface area (Å²) in [6.07, 6.45) is -16.3. The molecule has 2 heterocycles. The number of rotatable bonds is 16. The van der Waals surface area contributed by atoms with Crippen LogP contribution in [0, 0.1) is 11.8 Å². The van der Waals surface area contributed by atoms with Crippen LogP contribution >= 0.6 is 12.3 Å². The topological polar surface area (TPSA) is 250 Å². The van der Waals surface area contributed by atoms with E-state index in [1.54, 1.807) is 20.8 Å². The van der Waals surface area contributed by atoms with Gasteiger partial charge in [0, 0.05) is 6.42 Å². The lowest BCUT2D eigenvalue weighted by molar-refractivity contribution is -0.435. The Bertz CT molecular complexity index is 823. The number of hydrogen-bond acceptors (Lipinski definition) is 18. The first-order valence-electron chi connectivity index (χ1n) is 13.5. The van der Waals surface area contributed by atoms with Gasteiger partial charge >= 0.3 is 11.9 Å². The van der Waals surface area contributed by atoms with Crippen LogP contribution in [0.3, 0.4) is 0 Å². The minimum Gasteiger partial charge on any atom is -0.455 e. The molecule has 0 aromatic rings. The quantitative estimate of drug-likeness (QED) is 0.0355. The Morgan fingerprint density at radius 1 is 0.884 bits per heavy atom. The normalized spacial score (nSPS) is 34.9. The summed E-state index contributed by atoms with van der Waals surface area (Å²) >= 11 is 0.0219. The Hall–Kier alpha value is -1.23. The van der Waals surface area contributed by atoms with Crippen molar-refractivity contribution in [1.82, 2.24) is 0 Å². The average molecular weight is 651 g/mol. The molecule has 17 nitrogen and oxygen atoms in total. The Morgan fingerprint density at radius 3 is 2.00 bits per heavy atom. The van der Waals surface area contributed by atoms with Crippen molar-refractivity contribution in [3.63, 3.8) is 0 Å². The monoisotopic (exact) mass is 650 g/mol. The van der Waals surface area contributed by atoms with Crippen molar-refractivity contribution < 1.29 is 82.7 Å². The molecule has 13 unspecified atom stereocenters. The lowest BCUT2D eigenvalue weighted by Crippen LogP contribution is -2.65. The van der Waals surface area contributed by atoms with Crippen molar-refractivity contribution in [2.75, 3.05) is 13.2 Å². The third-order valence-corrected chi connectivity index (χ3v) is 7.53. The number of aliphatic hydroxyl groups is 6. The third kappa shape index (κ3) is 10.7. The molecule has 0 aliphatic carbocycles. The van der Waals surface area contributed by atoms with Gasteiger partial charge in [0.2, 0.25) is 6.29 Å². The van der Waals surface area contributed by atoms with Crippen LogP contribution in [0.1, 0.15) is 54.4 Å². The van der Waals surface area contributed by atoms with Gasteiger partial charge in [0.05, 0.1) is 25.2 Å². The van der Waals surface area contributed by atoms with E-state index in [1.165, 1.54) is 6.92 Å². The zero-order valence-electron chi connectivity index (χ0n) is 23.7. The number of hydrogen-bond donors (Lipinski definition) is 7. The Morgan fingerprint density at radius 2 is 1.47 bits per heavy atom. The van der Waals surface area contributed by atoms with Crippen LogP contribution in [0.2, 0.25) is 0 Å². The lowest BCUT2D eigenvalue weighted by Gasteiger charge is -2.46. The highest BCUT2D eigenvalue weighted by molar-refractivity contribution is 7.89. The summed E-state index contributed by atoms with van der Waals surface area (Å²) in [6.45, 7) is 5.05. The van der Waals surface area contributed by atoms with Crippen molar-refractivity contribution in [3.8, 4) is 0 Å². The molecule has 254 valence electrons. The molecule has 2 aliphatic heterocycles. The van der Waals surface area contributed by atoms with Crippen LogP contribution in [0.5, 0.6) is 0 Å². The fourth-order valence-corrected chi connectivity index (χ4v) is 4.94. The molecule has 2 saturated heterocycles. The van der Waals surface area contributed by atoms with Gasteiger partial charge in [-0.1, -0.05) is 40.2 Å². The Labute approximate surface area is 254 Å². The first-order chi connectivity index (χ1) is 19.9. The second-order valence-electron chi connectivity index (χ2n) is 10.1. The van der Waals surface area contributed by atoms with E-state index in [2.05, 4.69) is 9.37 Å². The predicted molar refractivity (Wildman–Crippen MR) is 144 cm³/mol. The minimum atomic E-state index is -1.77. The van der Waals surface area contributed by atoms with Crippen molar-refractivity contribution in [2.24, 2.45) is 11.8 Å². The molecule has 0 saturated carbocycles. The highest BCUT2D eigenvalue weighted by Crippen LogP contribution is 2.34. The van der Waals surface area contributed by atoms with Gasteiger partial charge in [-0.05, 0) is 18.8 Å². The van der Waals surface area contributed by atoms with Gasteiger partial charge in [-0.3, -0.25) is 13.8 Å². The van der Waals surface area contributed by atoms with E-state index in [9.17, 15) is 40.2 Å². The minimum absolute atomic E-state index is 0. The summed E-state index contributed by atoms with van der Waals surface area (Å²) < 4.78 is 37.3. The molecule has 0 bridgehead atoms. The first-order valence-corrected chi connectivity index (χ1v) is 14.2. The van der Waals surface area contributed by atoms with E-state index in [1.807, 2.05) is 0 Å². The molecule has 13 atom stereocenters. The number of carbonyl (C=O) groups excluding carboxylic acids is 2. The molecule has 2 aliphatic rings. The predicted octanol–water partition coefficient (Wildman–Crippen LogP) is -0.807. The second kappa shape index (κ2) is 19.3. The molecule has 43 heavy (non-hydrogen) atoms. The molecule has 0 radical (unpaired) electrons. The Kier molecular flexibility index (Phi) is 17.9. The number of ether oxygens (including phenoxy) is 5. The van der Waals surface area contributed by atoms with Gasteiger partial charge in [-0.2, -0.15) is 0 Å². The van der Waals surface area contributed by atoms with E-state index in [0.717, 1.165) is 0 Å². The fraction of sp³-hybridized carbons (Fsp3) is 0.920. The SMILES string of the molecule is C.CCC(=O)OC1C(OC2OC(CO)C(O)C(O)C2OSOOO)OC(CO)C(O)C1OC(=O)C(C)CC(C)C(O)CC.